The summed E-state index contributed by atoms with van der Waals surface area (Å²) in [6, 6.07) is -0.00661. The van der Waals surface area contributed by atoms with Gasteiger partial charge in [0.1, 0.15) is 0 Å². The molecule has 0 radical (unpaired) electrons. The van der Waals surface area contributed by atoms with Gasteiger partial charge in [0.15, 0.2) is 16.5 Å². The number of anilines is 1. The van der Waals surface area contributed by atoms with E-state index in [1.54, 1.807) is 24.8 Å². The number of imidazole rings is 1. The number of hydrogen-bond acceptors (Lipinski definition) is 6. The third-order valence-electron chi connectivity index (χ3n) is 3.19. The Morgan fingerprint density at radius 2 is 2.29 bits per heavy atom. The minimum Gasteiger partial charge on any atom is -0.476 e. The second-order valence-electron chi connectivity index (χ2n) is 4.64. The zero-order valence-electron chi connectivity index (χ0n) is 12.3. The monoisotopic (exact) mass is 313 g/mol. The van der Waals surface area contributed by atoms with Crippen LogP contribution in [0.15, 0.2) is 11.6 Å². The molecule has 2 rings (SSSR count). The van der Waals surface area contributed by atoms with Crippen LogP contribution < -0.4 is 4.90 Å². The number of carboxylic acids is 1. The van der Waals surface area contributed by atoms with Crippen LogP contribution in [0, 0.1) is 0 Å². The summed E-state index contributed by atoms with van der Waals surface area (Å²) >= 11 is 1.41. The molecule has 116 valence electrons. The molecule has 1 atom stereocenters. The Labute approximate surface area is 126 Å². The van der Waals surface area contributed by atoms with E-state index in [0.29, 0.717) is 30.5 Å². The van der Waals surface area contributed by atoms with Crippen molar-refractivity contribution in [1.29, 1.82) is 0 Å². The van der Waals surface area contributed by atoms with Crippen LogP contribution >= 0.6 is 11.3 Å². The summed E-state index contributed by atoms with van der Waals surface area (Å²) in [6.45, 7) is 3.48. The highest BCUT2D eigenvalue weighted by Gasteiger charge is 2.26. The Kier molecular flexibility index (Phi) is 5.16. The van der Waals surface area contributed by atoms with Gasteiger partial charge in [0, 0.05) is 32.3 Å². The number of aromatic nitrogens is 2. The molecule has 0 saturated heterocycles. The number of rotatable bonds is 8. The highest BCUT2D eigenvalue weighted by Crippen LogP contribution is 2.26. The average Bonchev–Trinajstić information content (AvgIpc) is 2.99. The molecule has 0 bridgehead atoms. The number of carbonyl (C=O) groups is 1. The number of nitrogens with zero attached hydrogens (tertiary/aromatic N) is 3. The Morgan fingerprint density at radius 1 is 1.52 bits per heavy atom. The van der Waals surface area contributed by atoms with E-state index in [4.69, 9.17) is 9.47 Å². The lowest BCUT2D eigenvalue weighted by atomic mass is 10.2. The maximum Gasteiger partial charge on any atom is 0.356 e. The first kappa shape index (κ1) is 15.7. The molecule has 8 heteroatoms. The van der Waals surface area contributed by atoms with Crippen molar-refractivity contribution >= 4 is 28.1 Å². The fraction of sp³-hybridized carbons (Fsp3) is 0.538. The zero-order valence-corrected chi connectivity index (χ0v) is 13.1. The predicted octanol–water partition coefficient (Wildman–Crippen LogP) is 1.58. The van der Waals surface area contributed by atoms with Crippen molar-refractivity contribution in [3.05, 3.63) is 17.3 Å². The van der Waals surface area contributed by atoms with Crippen LogP contribution in [0.2, 0.25) is 0 Å². The van der Waals surface area contributed by atoms with Gasteiger partial charge in [-0.15, -0.1) is 11.3 Å². The van der Waals surface area contributed by atoms with Crippen LogP contribution in [0.5, 0.6) is 0 Å². The zero-order chi connectivity index (χ0) is 15.4. The first-order chi connectivity index (χ1) is 10.1. The van der Waals surface area contributed by atoms with Gasteiger partial charge in [-0.1, -0.05) is 0 Å². The molecular formula is C13H19N3O4S. The third-order valence-corrected chi connectivity index (χ3v) is 3.95. The summed E-state index contributed by atoms with van der Waals surface area (Å²) in [7, 11) is 3.23. The normalized spacial score (nSPS) is 12.7. The number of aromatic carboxylic acids is 1. The van der Waals surface area contributed by atoms with Gasteiger partial charge in [-0.25, -0.2) is 9.78 Å². The molecule has 0 aliphatic heterocycles. The summed E-state index contributed by atoms with van der Waals surface area (Å²) < 4.78 is 11.9. The number of ether oxygens (including phenoxy) is 2. The Balaban J connectivity index is 2.44. The van der Waals surface area contributed by atoms with Gasteiger partial charge in [0.2, 0.25) is 0 Å². The van der Waals surface area contributed by atoms with Crippen molar-refractivity contribution < 1.29 is 19.4 Å². The smallest absolute Gasteiger partial charge is 0.356 e. The molecule has 0 saturated carbocycles. The van der Waals surface area contributed by atoms with E-state index in [2.05, 4.69) is 4.98 Å². The molecule has 0 aliphatic rings. The predicted molar refractivity (Wildman–Crippen MR) is 80.6 cm³/mol. The largest absolute Gasteiger partial charge is 0.476 e. The van der Waals surface area contributed by atoms with Crippen LogP contribution in [-0.4, -0.2) is 60.5 Å². The lowest BCUT2D eigenvalue weighted by Crippen LogP contribution is -2.39. The molecule has 1 N–H and O–H groups in total. The minimum absolute atomic E-state index is 0.00661. The van der Waals surface area contributed by atoms with Crippen LogP contribution in [0.25, 0.3) is 4.96 Å². The first-order valence-electron chi connectivity index (χ1n) is 6.53. The number of methoxy groups -OCH3 is 2. The van der Waals surface area contributed by atoms with Gasteiger partial charge in [0.05, 0.1) is 19.3 Å². The van der Waals surface area contributed by atoms with Crippen LogP contribution in [0.4, 0.5) is 5.82 Å². The molecular weight excluding hydrogens is 294 g/mol. The van der Waals surface area contributed by atoms with Gasteiger partial charge in [-0.05, 0) is 6.92 Å². The van der Waals surface area contributed by atoms with Crippen molar-refractivity contribution in [1.82, 2.24) is 9.38 Å². The topological polar surface area (TPSA) is 76.3 Å². The van der Waals surface area contributed by atoms with Gasteiger partial charge < -0.3 is 19.5 Å². The molecule has 21 heavy (non-hydrogen) atoms. The molecule has 2 aromatic rings. The molecule has 7 nitrogen and oxygen atoms in total. The minimum atomic E-state index is -0.997. The van der Waals surface area contributed by atoms with Crippen LogP contribution in [0.1, 0.15) is 17.4 Å². The Hall–Kier alpha value is -1.64. The SMILES string of the molecule is COCCN(c1nc2sccn2c1C(=O)O)C(C)COC. The summed E-state index contributed by atoms with van der Waals surface area (Å²) in [5.74, 6) is -0.543. The molecule has 0 amide bonds. The van der Waals surface area contributed by atoms with Gasteiger partial charge >= 0.3 is 5.97 Å². The van der Waals surface area contributed by atoms with Crippen molar-refractivity contribution in [2.24, 2.45) is 0 Å². The number of carboxylic acid groups (broad SMARTS) is 1. The summed E-state index contributed by atoms with van der Waals surface area (Å²) in [5.41, 5.74) is 0.172. The molecule has 0 spiro atoms. The van der Waals surface area contributed by atoms with E-state index in [9.17, 15) is 9.90 Å². The van der Waals surface area contributed by atoms with Crippen molar-refractivity contribution in [3.8, 4) is 0 Å². The molecule has 0 aromatic carbocycles. The summed E-state index contributed by atoms with van der Waals surface area (Å²) in [4.78, 5) is 18.6. The molecule has 2 heterocycles. The van der Waals surface area contributed by atoms with E-state index in [1.165, 1.54) is 11.3 Å². The van der Waals surface area contributed by atoms with Crippen molar-refractivity contribution in [2.45, 2.75) is 13.0 Å². The fourth-order valence-electron chi connectivity index (χ4n) is 2.23. The van der Waals surface area contributed by atoms with Gasteiger partial charge in [-0.2, -0.15) is 0 Å². The molecule has 0 fully saturated rings. The van der Waals surface area contributed by atoms with Gasteiger partial charge in [-0.3, -0.25) is 4.40 Å². The van der Waals surface area contributed by atoms with E-state index >= 15 is 0 Å². The lowest BCUT2D eigenvalue weighted by Gasteiger charge is -2.29. The second-order valence-corrected chi connectivity index (χ2v) is 5.51. The van der Waals surface area contributed by atoms with Crippen LogP contribution in [-0.2, 0) is 9.47 Å². The fourth-order valence-corrected chi connectivity index (χ4v) is 2.94. The Bertz CT molecular complexity index is 610. The molecule has 2 aromatic heterocycles. The van der Waals surface area contributed by atoms with Crippen LogP contribution in [0.3, 0.4) is 0 Å². The average molecular weight is 313 g/mol. The van der Waals surface area contributed by atoms with E-state index < -0.39 is 5.97 Å². The Morgan fingerprint density at radius 3 is 2.90 bits per heavy atom. The second kappa shape index (κ2) is 6.88. The first-order valence-corrected chi connectivity index (χ1v) is 7.41. The third kappa shape index (κ3) is 3.17. The number of fused-ring (bicyclic) bond motifs is 1. The summed E-state index contributed by atoms with van der Waals surface area (Å²) in [6.07, 6.45) is 1.72. The lowest BCUT2D eigenvalue weighted by molar-refractivity contribution is 0.0689. The maximum absolute atomic E-state index is 11.6. The molecule has 1 unspecified atom stereocenters. The van der Waals surface area contributed by atoms with Crippen molar-refractivity contribution in [3.63, 3.8) is 0 Å². The number of thiazole rings is 1. The van der Waals surface area contributed by atoms with Gasteiger partial charge in [0.25, 0.3) is 0 Å². The highest BCUT2D eigenvalue weighted by atomic mass is 32.1. The quantitative estimate of drug-likeness (QED) is 0.797. The maximum atomic E-state index is 11.6. The van der Waals surface area contributed by atoms with E-state index in [1.807, 2.05) is 17.2 Å². The van der Waals surface area contributed by atoms with E-state index in [-0.39, 0.29) is 11.7 Å². The van der Waals surface area contributed by atoms with Crippen molar-refractivity contribution in [2.75, 3.05) is 38.9 Å². The summed E-state index contributed by atoms with van der Waals surface area (Å²) in [5, 5.41) is 11.3. The molecule has 0 aliphatic carbocycles. The standard InChI is InChI=1S/C13H19N3O4S/c1-9(8-20-3)15(4-6-19-2)11-10(12(17)18)16-5-7-21-13(16)14-11/h5,7,9H,4,6,8H2,1-3H3,(H,17,18). The highest BCUT2D eigenvalue weighted by molar-refractivity contribution is 7.15. The number of hydrogen-bond donors (Lipinski definition) is 1. The van der Waals surface area contributed by atoms with E-state index in [0.717, 1.165) is 0 Å².